The number of aromatic nitrogens is 3. The highest BCUT2D eigenvalue weighted by molar-refractivity contribution is 7.13. The predicted molar refractivity (Wildman–Crippen MR) is 54.1 cm³/mol. The van der Waals surface area contributed by atoms with Gasteiger partial charge in [0.05, 0.1) is 7.11 Å². The third kappa shape index (κ3) is 1.64. The van der Waals surface area contributed by atoms with Crippen LogP contribution in [0.1, 0.15) is 0 Å². The number of methoxy groups -OCH3 is 1. The Morgan fingerprint density at radius 2 is 2.29 bits per heavy atom. The molecule has 5 nitrogen and oxygen atoms in total. The van der Waals surface area contributed by atoms with Crippen LogP contribution in [0, 0.1) is 0 Å². The van der Waals surface area contributed by atoms with Gasteiger partial charge in [0, 0.05) is 11.4 Å². The van der Waals surface area contributed by atoms with Crippen LogP contribution in [-0.4, -0.2) is 22.1 Å². The van der Waals surface area contributed by atoms with Crippen molar-refractivity contribution >= 4 is 17.2 Å². The molecule has 2 rings (SSSR count). The number of nitrogens with zero attached hydrogens (tertiary/aromatic N) is 3. The summed E-state index contributed by atoms with van der Waals surface area (Å²) in [5, 5.41) is 2.53. The summed E-state index contributed by atoms with van der Waals surface area (Å²) >= 11 is 1.44. The van der Waals surface area contributed by atoms with Crippen LogP contribution < -0.4 is 10.5 Å². The Kier molecular flexibility index (Phi) is 2.28. The second-order valence-electron chi connectivity index (χ2n) is 2.52. The smallest absolute Gasteiger partial charge is 0.216 e. The van der Waals surface area contributed by atoms with Crippen LogP contribution in [0.2, 0.25) is 0 Å². The number of anilines is 1. The van der Waals surface area contributed by atoms with Crippen LogP contribution >= 0.6 is 11.3 Å². The first-order valence-electron chi connectivity index (χ1n) is 3.87. The lowest BCUT2D eigenvalue weighted by Gasteiger charge is -1.98. The maximum Gasteiger partial charge on any atom is 0.216 e. The van der Waals surface area contributed by atoms with E-state index in [1.807, 2.05) is 0 Å². The lowest BCUT2D eigenvalue weighted by molar-refractivity contribution is 0.397. The summed E-state index contributed by atoms with van der Waals surface area (Å²) in [6.07, 6.45) is 1.44. The van der Waals surface area contributed by atoms with Crippen molar-refractivity contribution in [3.05, 3.63) is 17.8 Å². The number of hydrogen-bond acceptors (Lipinski definition) is 6. The molecule has 0 saturated carbocycles. The van der Waals surface area contributed by atoms with E-state index in [4.69, 9.17) is 10.5 Å². The van der Waals surface area contributed by atoms with Crippen LogP contribution in [0.5, 0.6) is 5.88 Å². The zero-order chi connectivity index (χ0) is 9.97. The zero-order valence-corrected chi connectivity index (χ0v) is 8.28. The Morgan fingerprint density at radius 3 is 2.93 bits per heavy atom. The Bertz CT molecular complexity index is 442. The van der Waals surface area contributed by atoms with Gasteiger partial charge in [-0.25, -0.2) is 15.0 Å². The minimum absolute atomic E-state index is 0.502. The molecule has 0 bridgehead atoms. The average molecular weight is 208 g/mol. The van der Waals surface area contributed by atoms with Crippen molar-refractivity contribution < 1.29 is 4.74 Å². The lowest BCUT2D eigenvalue weighted by Crippen LogP contribution is -1.91. The Hall–Kier alpha value is -1.69. The van der Waals surface area contributed by atoms with Gasteiger partial charge in [0.25, 0.3) is 0 Å². The number of thiazole rings is 1. The summed E-state index contributed by atoms with van der Waals surface area (Å²) in [6, 6.07) is 1.72. The summed E-state index contributed by atoms with van der Waals surface area (Å²) in [7, 11) is 1.56. The Morgan fingerprint density at radius 1 is 1.43 bits per heavy atom. The van der Waals surface area contributed by atoms with E-state index in [9.17, 15) is 0 Å². The van der Waals surface area contributed by atoms with Crippen molar-refractivity contribution in [2.45, 2.75) is 0 Å². The SMILES string of the molecule is COc1cc(-c2nc(N)cs2)ncn1. The van der Waals surface area contributed by atoms with Crippen molar-refractivity contribution in [1.29, 1.82) is 0 Å². The highest BCUT2D eigenvalue weighted by Gasteiger charge is 2.05. The first-order chi connectivity index (χ1) is 6.79. The van der Waals surface area contributed by atoms with E-state index in [-0.39, 0.29) is 0 Å². The number of ether oxygens (including phenoxy) is 1. The van der Waals surface area contributed by atoms with Gasteiger partial charge < -0.3 is 10.5 Å². The van der Waals surface area contributed by atoms with Crippen LogP contribution in [0.15, 0.2) is 17.8 Å². The topological polar surface area (TPSA) is 73.9 Å². The second-order valence-corrected chi connectivity index (χ2v) is 3.38. The molecule has 0 aromatic carbocycles. The van der Waals surface area contributed by atoms with Gasteiger partial charge in [-0.3, -0.25) is 0 Å². The molecule has 2 heterocycles. The van der Waals surface area contributed by atoms with Gasteiger partial charge in [0.2, 0.25) is 5.88 Å². The minimum atomic E-state index is 0.502. The van der Waals surface area contributed by atoms with Gasteiger partial charge in [-0.2, -0.15) is 0 Å². The number of nitrogen functional groups attached to an aromatic ring is 1. The van der Waals surface area contributed by atoms with Crippen molar-refractivity contribution in [2.24, 2.45) is 0 Å². The van der Waals surface area contributed by atoms with Gasteiger partial charge in [-0.15, -0.1) is 11.3 Å². The van der Waals surface area contributed by atoms with Crippen LogP contribution in [0.25, 0.3) is 10.7 Å². The molecule has 0 radical (unpaired) electrons. The first kappa shape index (κ1) is 8.89. The third-order valence-corrected chi connectivity index (χ3v) is 2.48. The lowest BCUT2D eigenvalue weighted by atomic mass is 10.4. The molecule has 2 aromatic heterocycles. The van der Waals surface area contributed by atoms with Gasteiger partial charge in [0.1, 0.15) is 22.8 Å². The number of hydrogen-bond donors (Lipinski definition) is 1. The van der Waals surface area contributed by atoms with E-state index in [0.717, 1.165) is 10.7 Å². The van der Waals surface area contributed by atoms with Gasteiger partial charge in [0.15, 0.2) is 0 Å². The molecular weight excluding hydrogens is 200 g/mol. The molecule has 2 aromatic rings. The van der Waals surface area contributed by atoms with Crippen LogP contribution in [0.4, 0.5) is 5.82 Å². The molecule has 0 aliphatic rings. The van der Waals surface area contributed by atoms with E-state index in [1.165, 1.54) is 17.7 Å². The minimum Gasteiger partial charge on any atom is -0.481 e. The molecule has 0 atom stereocenters. The quantitative estimate of drug-likeness (QED) is 0.802. The molecule has 6 heteroatoms. The van der Waals surface area contributed by atoms with E-state index < -0.39 is 0 Å². The fourth-order valence-corrected chi connectivity index (χ4v) is 1.65. The Labute approximate surface area is 84.6 Å². The molecule has 0 amide bonds. The molecule has 0 aliphatic heterocycles. The zero-order valence-electron chi connectivity index (χ0n) is 7.47. The summed E-state index contributed by atoms with van der Waals surface area (Å²) in [4.78, 5) is 12.1. The molecular formula is C8H8N4OS. The third-order valence-electron chi connectivity index (χ3n) is 1.59. The number of nitrogens with two attached hydrogens (primary N) is 1. The van der Waals surface area contributed by atoms with Gasteiger partial charge >= 0.3 is 0 Å². The predicted octanol–water partition coefficient (Wildman–Crippen LogP) is 1.19. The van der Waals surface area contributed by atoms with E-state index >= 15 is 0 Å². The second kappa shape index (κ2) is 3.59. The molecule has 0 unspecified atom stereocenters. The van der Waals surface area contributed by atoms with E-state index in [0.29, 0.717) is 11.7 Å². The largest absolute Gasteiger partial charge is 0.481 e. The molecule has 2 N–H and O–H groups in total. The molecule has 0 aliphatic carbocycles. The standard InChI is InChI=1S/C8H8N4OS/c1-13-7-2-5(10-4-11-7)8-12-6(9)3-14-8/h2-4H,9H2,1H3. The van der Waals surface area contributed by atoms with Gasteiger partial charge in [-0.1, -0.05) is 0 Å². The van der Waals surface area contributed by atoms with Crippen molar-refractivity contribution in [3.8, 4) is 16.6 Å². The van der Waals surface area contributed by atoms with Crippen molar-refractivity contribution in [1.82, 2.24) is 15.0 Å². The summed E-state index contributed by atoms with van der Waals surface area (Å²) in [6.45, 7) is 0. The van der Waals surface area contributed by atoms with Crippen LogP contribution in [0.3, 0.4) is 0 Å². The first-order valence-corrected chi connectivity index (χ1v) is 4.75. The maximum atomic E-state index is 5.51. The summed E-state index contributed by atoms with van der Waals surface area (Å²) < 4.78 is 4.98. The number of rotatable bonds is 2. The Balaban J connectivity index is 2.41. The fraction of sp³-hybridized carbons (Fsp3) is 0.125. The highest BCUT2D eigenvalue weighted by atomic mass is 32.1. The molecule has 14 heavy (non-hydrogen) atoms. The van der Waals surface area contributed by atoms with E-state index in [1.54, 1.807) is 18.6 Å². The molecule has 72 valence electrons. The molecule has 0 fully saturated rings. The highest BCUT2D eigenvalue weighted by Crippen LogP contribution is 2.24. The monoisotopic (exact) mass is 208 g/mol. The normalized spacial score (nSPS) is 10.1. The summed E-state index contributed by atoms with van der Waals surface area (Å²) in [5.41, 5.74) is 6.23. The average Bonchev–Trinajstić information content (AvgIpc) is 2.65. The molecule has 0 saturated heterocycles. The van der Waals surface area contributed by atoms with Crippen molar-refractivity contribution in [2.75, 3.05) is 12.8 Å². The molecule has 0 spiro atoms. The van der Waals surface area contributed by atoms with Crippen molar-refractivity contribution in [3.63, 3.8) is 0 Å². The van der Waals surface area contributed by atoms with Gasteiger partial charge in [-0.05, 0) is 0 Å². The van der Waals surface area contributed by atoms with E-state index in [2.05, 4.69) is 15.0 Å². The van der Waals surface area contributed by atoms with Crippen LogP contribution in [-0.2, 0) is 0 Å². The fourth-order valence-electron chi connectivity index (χ4n) is 0.972. The summed E-state index contributed by atoms with van der Waals surface area (Å²) in [5.74, 6) is 1.02. The maximum absolute atomic E-state index is 5.51.